The zero-order valence-electron chi connectivity index (χ0n) is 15.8. The molecule has 0 aliphatic rings. The Balaban J connectivity index is 1.95. The lowest BCUT2D eigenvalue weighted by atomic mass is 9.85. The largest absolute Gasteiger partial charge is 0.324 e. The van der Waals surface area contributed by atoms with Crippen molar-refractivity contribution in [1.82, 2.24) is 0 Å². The van der Waals surface area contributed by atoms with Crippen molar-refractivity contribution in [3.05, 3.63) is 101 Å². The molecule has 3 N–H and O–H groups in total. The summed E-state index contributed by atoms with van der Waals surface area (Å²) in [6.07, 6.45) is 0.400. The van der Waals surface area contributed by atoms with Gasteiger partial charge >= 0.3 is 0 Å². The van der Waals surface area contributed by atoms with Crippen molar-refractivity contribution in [2.75, 3.05) is 5.32 Å². The lowest BCUT2D eigenvalue weighted by molar-refractivity contribution is -0.117. The highest BCUT2D eigenvalue weighted by Crippen LogP contribution is 2.29. The molecule has 0 fully saturated rings. The molecule has 1 amide bonds. The van der Waals surface area contributed by atoms with Crippen LogP contribution in [0, 0.1) is 17.5 Å². The number of carbonyl (C=O) groups excluding carboxylic acids is 1. The molecule has 3 nitrogen and oxygen atoms in total. The van der Waals surface area contributed by atoms with Crippen molar-refractivity contribution < 1.29 is 18.0 Å². The zero-order chi connectivity index (χ0) is 21.0. The molecule has 0 aliphatic heterocycles. The fraction of sp³-hybridized carbons (Fsp3) is 0.174. The molecule has 6 heteroatoms. The van der Waals surface area contributed by atoms with Crippen molar-refractivity contribution in [2.45, 2.75) is 25.3 Å². The van der Waals surface area contributed by atoms with Crippen LogP contribution in [0.15, 0.2) is 66.7 Å². The zero-order valence-corrected chi connectivity index (χ0v) is 15.8. The van der Waals surface area contributed by atoms with Gasteiger partial charge in [-0.05, 0) is 53.9 Å². The first-order chi connectivity index (χ1) is 13.9. The van der Waals surface area contributed by atoms with Crippen molar-refractivity contribution in [3.8, 4) is 0 Å². The highest BCUT2D eigenvalue weighted by Gasteiger charge is 2.28. The Morgan fingerprint density at radius 2 is 1.41 bits per heavy atom. The second kappa shape index (κ2) is 8.92. The highest BCUT2D eigenvalue weighted by atomic mass is 19.1. The summed E-state index contributed by atoms with van der Waals surface area (Å²) in [4.78, 5) is 12.9. The van der Waals surface area contributed by atoms with Crippen molar-refractivity contribution in [2.24, 2.45) is 5.73 Å². The third-order valence-corrected chi connectivity index (χ3v) is 4.85. The van der Waals surface area contributed by atoms with Gasteiger partial charge in [-0.3, -0.25) is 4.79 Å². The van der Waals surface area contributed by atoms with E-state index in [0.29, 0.717) is 28.8 Å². The van der Waals surface area contributed by atoms with Gasteiger partial charge in [0.05, 0.1) is 6.04 Å². The van der Waals surface area contributed by atoms with Gasteiger partial charge in [-0.25, -0.2) is 13.2 Å². The second-order valence-electron chi connectivity index (χ2n) is 6.72. The molecule has 3 aromatic rings. The molecular formula is C23H21F3N2O. The van der Waals surface area contributed by atoms with Crippen LogP contribution in [-0.4, -0.2) is 11.9 Å². The van der Waals surface area contributed by atoms with E-state index in [0.717, 1.165) is 0 Å². The molecule has 3 aromatic carbocycles. The van der Waals surface area contributed by atoms with Crippen LogP contribution in [0.2, 0.25) is 0 Å². The molecule has 0 aromatic heterocycles. The minimum atomic E-state index is -1.07. The summed E-state index contributed by atoms with van der Waals surface area (Å²) in [6, 6.07) is 14.6. The molecular weight excluding hydrogens is 377 g/mol. The van der Waals surface area contributed by atoms with Gasteiger partial charge in [-0.1, -0.05) is 37.3 Å². The van der Waals surface area contributed by atoms with E-state index in [-0.39, 0.29) is 0 Å². The van der Waals surface area contributed by atoms with Crippen LogP contribution in [0.3, 0.4) is 0 Å². The number of anilines is 1. The first kappa shape index (κ1) is 20.6. The van der Waals surface area contributed by atoms with Crippen molar-refractivity contribution in [1.29, 1.82) is 0 Å². The van der Waals surface area contributed by atoms with Gasteiger partial charge in [0, 0.05) is 17.2 Å². The lowest BCUT2D eigenvalue weighted by Crippen LogP contribution is -2.41. The van der Waals surface area contributed by atoms with Crippen molar-refractivity contribution in [3.63, 3.8) is 0 Å². The Morgan fingerprint density at radius 1 is 0.897 bits per heavy atom. The SMILES string of the molecule is CCc1c(F)cccc1NC(=O)C(N)C(c1ccc(F)cc1)c1ccc(F)cc1. The number of nitrogens with one attached hydrogen (secondary N) is 1. The van der Waals surface area contributed by atoms with E-state index >= 15 is 0 Å². The maximum Gasteiger partial charge on any atom is 0.242 e. The van der Waals surface area contributed by atoms with E-state index in [2.05, 4.69) is 5.32 Å². The number of nitrogens with two attached hydrogens (primary N) is 1. The average Bonchev–Trinajstić information content (AvgIpc) is 2.71. The molecule has 0 aliphatic carbocycles. The summed E-state index contributed by atoms with van der Waals surface area (Å²) in [5, 5.41) is 2.69. The van der Waals surface area contributed by atoms with Crippen LogP contribution in [0.1, 0.15) is 29.5 Å². The monoisotopic (exact) mass is 398 g/mol. The molecule has 0 spiro atoms. The Labute approximate surface area is 167 Å². The molecule has 0 radical (unpaired) electrons. The Hall–Kier alpha value is -3.12. The number of rotatable bonds is 6. The topological polar surface area (TPSA) is 55.1 Å². The lowest BCUT2D eigenvalue weighted by Gasteiger charge is -2.25. The number of amides is 1. The Morgan fingerprint density at radius 3 is 1.90 bits per heavy atom. The maximum atomic E-state index is 14.0. The summed E-state index contributed by atoms with van der Waals surface area (Å²) < 4.78 is 40.8. The molecule has 0 bridgehead atoms. The van der Waals surface area contributed by atoms with Crippen molar-refractivity contribution >= 4 is 11.6 Å². The van der Waals surface area contributed by atoms with Crippen LogP contribution < -0.4 is 11.1 Å². The standard InChI is InChI=1S/C23H21F3N2O/c1-2-18-19(26)4-3-5-20(18)28-23(29)22(27)21(14-6-10-16(24)11-7-14)15-8-12-17(25)13-9-15/h3-13,21-22H,2,27H2,1H3,(H,28,29). The predicted octanol–water partition coefficient (Wildman–Crippen LogP) is 4.76. The van der Waals surface area contributed by atoms with E-state index in [9.17, 15) is 18.0 Å². The second-order valence-corrected chi connectivity index (χ2v) is 6.72. The molecule has 0 saturated heterocycles. The average molecular weight is 398 g/mol. The molecule has 1 unspecified atom stereocenters. The summed E-state index contributed by atoms with van der Waals surface area (Å²) in [5.74, 6) is -2.42. The molecule has 0 saturated carbocycles. The minimum absolute atomic E-state index is 0.352. The van der Waals surface area contributed by atoms with E-state index in [1.807, 2.05) is 0 Å². The molecule has 150 valence electrons. The minimum Gasteiger partial charge on any atom is -0.324 e. The predicted molar refractivity (Wildman–Crippen MR) is 107 cm³/mol. The van der Waals surface area contributed by atoms with Crippen LogP contribution in [0.25, 0.3) is 0 Å². The third kappa shape index (κ3) is 4.66. The third-order valence-electron chi connectivity index (χ3n) is 4.85. The van der Waals surface area contributed by atoms with Gasteiger partial charge in [-0.15, -0.1) is 0 Å². The Kier molecular flexibility index (Phi) is 6.34. The summed E-state index contributed by atoms with van der Waals surface area (Å²) >= 11 is 0. The summed E-state index contributed by atoms with van der Waals surface area (Å²) in [5.41, 5.74) is 8.23. The van der Waals surface area contributed by atoms with Gasteiger partial charge in [0.25, 0.3) is 0 Å². The molecule has 1 atom stereocenters. The number of hydrogen-bond donors (Lipinski definition) is 2. The van der Waals surface area contributed by atoms with Crippen LogP contribution in [0.5, 0.6) is 0 Å². The summed E-state index contributed by atoms with van der Waals surface area (Å²) in [7, 11) is 0. The van der Waals surface area contributed by atoms with Crippen LogP contribution in [0.4, 0.5) is 18.9 Å². The highest BCUT2D eigenvalue weighted by molar-refractivity contribution is 5.96. The van der Waals surface area contributed by atoms with Gasteiger partial charge in [0.1, 0.15) is 17.5 Å². The van der Waals surface area contributed by atoms with Gasteiger partial charge in [-0.2, -0.15) is 0 Å². The van der Waals surface area contributed by atoms with E-state index in [4.69, 9.17) is 5.73 Å². The molecule has 29 heavy (non-hydrogen) atoms. The van der Waals surface area contributed by atoms with Gasteiger partial charge < -0.3 is 11.1 Å². The van der Waals surface area contributed by atoms with Gasteiger partial charge in [0.2, 0.25) is 5.91 Å². The summed E-state index contributed by atoms with van der Waals surface area (Å²) in [6.45, 7) is 1.79. The number of hydrogen-bond acceptors (Lipinski definition) is 2. The number of benzene rings is 3. The van der Waals surface area contributed by atoms with E-state index in [1.165, 1.54) is 60.7 Å². The van der Waals surface area contributed by atoms with Crippen LogP contribution in [-0.2, 0) is 11.2 Å². The fourth-order valence-electron chi connectivity index (χ4n) is 3.35. The van der Waals surface area contributed by atoms with Crippen LogP contribution >= 0.6 is 0 Å². The molecule has 3 rings (SSSR count). The van der Waals surface area contributed by atoms with E-state index < -0.39 is 35.3 Å². The Bertz CT molecular complexity index is 943. The molecule has 0 heterocycles. The first-order valence-electron chi connectivity index (χ1n) is 9.25. The first-order valence-corrected chi connectivity index (χ1v) is 9.25. The maximum absolute atomic E-state index is 14.0. The fourth-order valence-corrected chi connectivity index (χ4v) is 3.35. The number of halogens is 3. The van der Waals surface area contributed by atoms with Gasteiger partial charge in [0.15, 0.2) is 0 Å². The number of carbonyl (C=O) groups is 1. The van der Waals surface area contributed by atoms with E-state index in [1.54, 1.807) is 13.0 Å². The normalized spacial score (nSPS) is 12.1. The smallest absolute Gasteiger partial charge is 0.242 e. The quantitative estimate of drug-likeness (QED) is 0.629.